The Morgan fingerprint density at radius 2 is 1.86 bits per heavy atom. The number of rotatable bonds is 4. The minimum Gasteiger partial charge on any atom is -0.454 e. The number of hydrogen-bond donors (Lipinski definition) is 0. The van der Waals surface area contributed by atoms with Crippen LogP contribution in [0.1, 0.15) is 18.4 Å². The molecule has 10 heteroatoms. The van der Waals surface area contributed by atoms with Gasteiger partial charge in [0.05, 0.1) is 6.26 Å². The number of hydrogen-bond acceptors (Lipinski definition) is 6. The van der Waals surface area contributed by atoms with E-state index in [0.29, 0.717) is 44.0 Å². The highest BCUT2D eigenvalue weighted by atomic mass is 32.2. The highest BCUT2D eigenvalue weighted by Crippen LogP contribution is 2.33. The van der Waals surface area contributed by atoms with Gasteiger partial charge in [-0.1, -0.05) is 6.07 Å². The molecule has 0 aliphatic carbocycles. The summed E-state index contributed by atoms with van der Waals surface area (Å²) < 4.78 is 35.4. The van der Waals surface area contributed by atoms with E-state index in [2.05, 4.69) is 0 Å². The van der Waals surface area contributed by atoms with Crippen molar-refractivity contribution >= 4 is 21.8 Å². The van der Waals surface area contributed by atoms with Gasteiger partial charge in [-0.05, 0) is 24.1 Å². The molecule has 1 unspecified atom stereocenters. The van der Waals surface area contributed by atoms with Crippen LogP contribution in [0.5, 0.6) is 11.5 Å². The highest BCUT2D eigenvalue weighted by molar-refractivity contribution is 7.88. The number of benzene rings is 1. The average Bonchev–Trinajstić information content (AvgIpc) is 3.27. The third-order valence-electron chi connectivity index (χ3n) is 5.42. The molecule has 0 saturated carbocycles. The Morgan fingerprint density at radius 1 is 1.14 bits per heavy atom. The number of carbonyl (C=O) groups is 2. The number of sulfonamides is 1. The van der Waals surface area contributed by atoms with Gasteiger partial charge in [0.1, 0.15) is 6.04 Å². The summed E-state index contributed by atoms with van der Waals surface area (Å²) in [5, 5.41) is 0. The first kappa shape index (κ1) is 19.0. The lowest BCUT2D eigenvalue weighted by Gasteiger charge is -2.36. The van der Waals surface area contributed by atoms with Crippen molar-refractivity contribution in [3.8, 4) is 11.5 Å². The summed E-state index contributed by atoms with van der Waals surface area (Å²) in [6, 6.07) is 4.99. The lowest BCUT2D eigenvalue weighted by molar-refractivity contribution is -0.142. The second-order valence-corrected chi connectivity index (χ2v) is 9.23. The van der Waals surface area contributed by atoms with Crippen molar-refractivity contribution in [3.63, 3.8) is 0 Å². The summed E-state index contributed by atoms with van der Waals surface area (Å²) in [5.41, 5.74) is 0.874. The van der Waals surface area contributed by atoms with E-state index in [4.69, 9.17) is 9.47 Å². The van der Waals surface area contributed by atoms with Crippen LogP contribution in [0.3, 0.4) is 0 Å². The molecule has 1 aromatic carbocycles. The van der Waals surface area contributed by atoms with E-state index in [1.165, 1.54) is 10.6 Å². The molecule has 0 spiro atoms. The Bertz CT molecular complexity index is 895. The molecule has 0 aromatic heterocycles. The molecular weight excluding hydrogens is 386 g/mol. The quantitative estimate of drug-likeness (QED) is 0.695. The Hall–Kier alpha value is -2.33. The molecule has 2 fully saturated rings. The molecule has 1 aromatic rings. The van der Waals surface area contributed by atoms with E-state index < -0.39 is 16.1 Å². The molecule has 3 aliphatic heterocycles. The van der Waals surface area contributed by atoms with Gasteiger partial charge in [0, 0.05) is 39.1 Å². The molecule has 3 aliphatic rings. The number of nitrogens with zero attached hydrogens (tertiary/aromatic N) is 3. The highest BCUT2D eigenvalue weighted by Gasteiger charge is 2.39. The second kappa shape index (κ2) is 7.25. The molecule has 2 amide bonds. The van der Waals surface area contributed by atoms with Gasteiger partial charge in [0.2, 0.25) is 28.6 Å². The van der Waals surface area contributed by atoms with Gasteiger partial charge in [-0.25, -0.2) is 8.42 Å². The van der Waals surface area contributed by atoms with E-state index in [-0.39, 0.29) is 31.7 Å². The van der Waals surface area contributed by atoms with E-state index >= 15 is 0 Å². The van der Waals surface area contributed by atoms with Crippen molar-refractivity contribution in [2.75, 3.05) is 39.2 Å². The fourth-order valence-electron chi connectivity index (χ4n) is 3.88. The van der Waals surface area contributed by atoms with Gasteiger partial charge in [-0.15, -0.1) is 0 Å². The standard InChI is InChI=1S/C18H23N3O6S/c1-28(24,25)20-8-6-19(7-9-20)18(23)14-3-5-17(22)21(14)11-13-2-4-15-16(10-13)27-12-26-15/h2,4,10,14H,3,5-9,11-12H2,1H3. The smallest absolute Gasteiger partial charge is 0.245 e. The van der Waals surface area contributed by atoms with Crippen LogP contribution >= 0.6 is 0 Å². The first-order valence-corrected chi connectivity index (χ1v) is 11.1. The fourth-order valence-corrected chi connectivity index (χ4v) is 4.70. The van der Waals surface area contributed by atoms with Crippen LogP contribution in [-0.2, 0) is 26.2 Å². The number of carbonyl (C=O) groups excluding carboxylic acids is 2. The third-order valence-corrected chi connectivity index (χ3v) is 6.73. The summed E-state index contributed by atoms with van der Waals surface area (Å²) in [6.07, 6.45) is 1.99. The van der Waals surface area contributed by atoms with Crippen molar-refractivity contribution in [3.05, 3.63) is 23.8 Å². The van der Waals surface area contributed by atoms with Crippen molar-refractivity contribution in [1.29, 1.82) is 0 Å². The van der Waals surface area contributed by atoms with Gasteiger partial charge in [-0.2, -0.15) is 4.31 Å². The molecule has 152 valence electrons. The summed E-state index contributed by atoms with van der Waals surface area (Å²) in [5.74, 6) is 1.15. The molecule has 0 bridgehead atoms. The third kappa shape index (κ3) is 3.66. The Balaban J connectivity index is 1.43. The predicted molar refractivity (Wildman–Crippen MR) is 99.1 cm³/mol. The lowest BCUT2D eigenvalue weighted by Crippen LogP contribution is -2.54. The molecule has 4 rings (SSSR count). The van der Waals surface area contributed by atoms with Crippen LogP contribution in [0.2, 0.25) is 0 Å². The van der Waals surface area contributed by atoms with Crippen LogP contribution in [0.4, 0.5) is 0 Å². The normalized spacial score (nSPS) is 22.8. The maximum atomic E-state index is 13.0. The SMILES string of the molecule is CS(=O)(=O)N1CCN(C(=O)C2CCC(=O)N2Cc2ccc3c(c2)OCO3)CC1. The number of fused-ring (bicyclic) bond motifs is 1. The maximum absolute atomic E-state index is 13.0. The molecule has 9 nitrogen and oxygen atoms in total. The van der Waals surface area contributed by atoms with E-state index in [1.807, 2.05) is 12.1 Å². The van der Waals surface area contributed by atoms with E-state index in [9.17, 15) is 18.0 Å². The molecular formula is C18H23N3O6S. The van der Waals surface area contributed by atoms with Gasteiger partial charge in [0.15, 0.2) is 11.5 Å². The molecule has 2 saturated heterocycles. The number of amides is 2. The summed E-state index contributed by atoms with van der Waals surface area (Å²) in [6.45, 7) is 1.76. The number of ether oxygens (including phenoxy) is 2. The lowest BCUT2D eigenvalue weighted by atomic mass is 10.1. The Labute approximate surface area is 163 Å². The first-order chi connectivity index (χ1) is 13.3. The largest absolute Gasteiger partial charge is 0.454 e. The molecule has 3 heterocycles. The Morgan fingerprint density at radius 3 is 2.57 bits per heavy atom. The van der Waals surface area contributed by atoms with E-state index in [1.54, 1.807) is 15.9 Å². The van der Waals surface area contributed by atoms with Gasteiger partial charge >= 0.3 is 0 Å². The summed E-state index contributed by atoms with van der Waals surface area (Å²) >= 11 is 0. The van der Waals surface area contributed by atoms with Crippen molar-refractivity contribution in [2.24, 2.45) is 0 Å². The minimum absolute atomic E-state index is 0.0502. The van der Waals surface area contributed by atoms with Crippen LogP contribution in [0, 0.1) is 0 Å². The molecule has 28 heavy (non-hydrogen) atoms. The monoisotopic (exact) mass is 409 g/mol. The molecule has 0 radical (unpaired) electrons. The number of piperazine rings is 1. The maximum Gasteiger partial charge on any atom is 0.245 e. The fraction of sp³-hybridized carbons (Fsp3) is 0.556. The summed E-state index contributed by atoms with van der Waals surface area (Å²) in [7, 11) is -3.25. The van der Waals surface area contributed by atoms with Gasteiger partial charge in [0.25, 0.3) is 0 Å². The zero-order valence-electron chi connectivity index (χ0n) is 15.7. The van der Waals surface area contributed by atoms with Gasteiger partial charge in [-0.3, -0.25) is 9.59 Å². The zero-order chi connectivity index (χ0) is 19.9. The van der Waals surface area contributed by atoms with Crippen molar-refractivity contribution in [1.82, 2.24) is 14.1 Å². The van der Waals surface area contributed by atoms with Crippen LogP contribution in [0.25, 0.3) is 0 Å². The van der Waals surface area contributed by atoms with Crippen LogP contribution in [0.15, 0.2) is 18.2 Å². The minimum atomic E-state index is -3.25. The van der Waals surface area contributed by atoms with Crippen molar-refractivity contribution in [2.45, 2.75) is 25.4 Å². The molecule has 0 N–H and O–H groups in total. The average molecular weight is 409 g/mol. The molecule has 1 atom stereocenters. The zero-order valence-corrected chi connectivity index (χ0v) is 16.5. The van der Waals surface area contributed by atoms with Crippen LogP contribution < -0.4 is 9.47 Å². The van der Waals surface area contributed by atoms with Crippen LogP contribution in [-0.4, -0.2) is 79.6 Å². The predicted octanol–water partition coefficient (Wildman–Crippen LogP) is 0.0101. The van der Waals surface area contributed by atoms with E-state index in [0.717, 1.165) is 5.56 Å². The number of likely N-dealkylation sites (tertiary alicyclic amines) is 1. The topological polar surface area (TPSA) is 96.5 Å². The van der Waals surface area contributed by atoms with Crippen molar-refractivity contribution < 1.29 is 27.5 Å². The van der Waals surface area contributed by atoms with Gasteiger partial charge < -0.3 is 19.3 Å². The second-order valence-electron chi connectivity index (χ2n) is 7.25. The Kier molecular flexibility index (Phi) is 4.92. The first-order valence-electron chi connectivity index (χ1n) is 9.25. The summed E-state index contributed by atoms with van der Waals surface area (Å²) in [4.78, 5) is 28.7.